The fraction of sp³-hybridized carbons (Fsp3) is 0.615. The first-order chi connectivity index (χ1) is 9.44. The Labute approximate surface area is 120 Å². The highest BCUT2D eigenvalue weighted by atomic mass is 32.2. The molecule has 1 aromatic rings. The van der Waals surface area contributed by atoms with E-state index in [0.717, 1.165) is 23.7 Å². The van der Waals surface area contributed by atoms with Crippen LogP contribution in [0.3, 0.4) is 0 Å². The van der Waals surface area contributed by atoms with Crippen LogP contribution >= 0.6 is 0 Å². The molecule has 1 N–H and O–H groups in total. The quantitative estimate of drug-likeness (QED) is 0.858. The van der Waals surface area contributed by atoms with E-state index in [0.29, 0.717) is 19.5 Å². The van der Waals surface area contributed by atoms with Crippen molar-refractivity contribution in [1.29, 1.82) is 0 Å². The largest absolute Gasteiger partial charge is 0.497 e. The molecule has 0 aliphatic carbocycles. The molecule has 6 nitrogen and oxygen atoms in total. The van der Waals surface area contributed by atoms with Crippen LogP contribution in [0, 0.1) is 6.92 Å². The van der Waals surface area contributed by atoms with Crippen molar-refractivity contribution >= 4 is 10.0 Å². The van der Waals surface area contributed by atoms with Crippen LogP contribution in [0.1, 0.15) is 17.8 Å². The van der Waals surface area contributed by atoms with Crippen molar-refractivity contribution in [3.8, 4) is 5.75 Å². The van der Waals surface area contributed by atoms with E-state index in [-0.39, 0.29) is 5.25 Å². The topological polar surface area (TPSA) is 71.5 Å². The first-order valence-electron chi connectivity index (χ1n) is 6.61. The van der Waals surface area contributed by atoms with Gasteiger partial charge in [-0.25, -0.2) is 13.1 Å². The third kappa shape index (κ3) is 3.47. The summed E-state index contributed by atoms with van der Waals surface area (Å²) in [5.74, 6) is 0.783. The van der Waals surface area contributed by atoms with Crippen LogP contribution < -0.4 is 9.46 Å². The third-order valence-corrected chi connectivity index (χ3v) is 5.39. The van der Waals surface area contributed by atoms with Gasteiger partial charge >= 0.3 is 0 Å². The van der Waals surface area contributed by atoms with Gasteiger partial charge in [-0.2, -0.15) is 0 Å². The Morgan fingerprint density at radius 3 is 2.90 bits per heavy atom. The monoisotopic (exact) mass is 299 g/mol. The van der Waals surface area contributed by atoms with Crippen molar-refractivity contribution in [3.63, 3.8) is 0 Å². The second-order valence-corrected chi connectivity index (χ2v) is 7.20. The van der Waals surface area contributed by atoms with Crippen LogP contribution in [0.4, 0.5) is 0 Å². The number of methoxy groups -OCH3 is 1. The Morgan fingerprint density at radius 2 is 2.25 bits per heavy atom. The zero-order valence-electron chi connectivity index (χ0n) is 12.1. The maximum atomic E-state index is 11.8. The summed E-state index contributed by atoms with van der Waals surface area (Å²) in [6.45, 7) is 3.88. The number of nitrogens with one attached hydrogen (secondary N) is 1. The van der Waals surface area contributed by atoms with E-state index >= 15 is 0 Å². The van der Waals surface area contributed by atoms with Crippen molar-refractivity contribution < 1.29 is 13.2 Å². The summed E-state index contributed by atoms with van der Waals surface area (Å²) in [5, 5.41) is -0.334. The van der Waals surface area contributed by atoms with E-state index in [1.165, 1.54) is 7.05 Å². The van der Waals surface area contributed by atoms with Crippen LogP contribution in [0.2, 0.25) is 0 Å². The van der Waals surface area contributed by atoms with Gasteiger partial charge in [-0.1, -0.05) is 0 Å². The van der Waals surface area contributed by atoms with E-state index in [1.807, 2.05) is 19.1 Å². The highest BCUT2D eigenvalue weighted by molar-refractivity contribution is 7.90. The lowest BCUT2D eigenvalue weighted by atomic mass is 10.3. The van der Waals surface area contributed by atoms with Gasteiger partial charge in [0.25, 0.3) is 0 Å². The smallest absolute Gasteiger partial charge is 0.215 e. The predicted octanol–water partition coefficient (Wildman–Crippen LogP) is 0.522. The van der Waals surface area contributed by atoms with Gasteiger partial charge in [-0.15, -0.1) is 0 Å². The summed E-state index contributed by atoms with van der Waals surface area (Å²) in [6.07, 6.45) is 0.659. The minimum Gasteiger partial charge on any atom is -0.497 e. The fourth-order valence-corrected chi connectivity index (χ4v) is 3.65. The standard InChI is InChI=1S/C13H21N3O3S/c1-10-6-12(19-3)7-11(15-10)8-16-5-4-13(9-16)20(17,18)14-2/h6-7,13-14H,4-5,8-9H2,1-3H3. The Bertz CT molecular complexity index is 574. The number of aryl methyl sites for hydroxylation is 1. The molecule has 7 heteroatoms. The molecule has 1 aliphatic heterocycles. The lowest BCUT2D eigenvalue weighted by Crippen LogP contribution is -2.34. The van der Waals surface area contributed by atoms with Crippen LogP contribution in [-0.2, 0) is 16.6 Å². The Kier molecular flexibility index (Phi) is 4.62. The van der Waals surface area contributed by atoms with E-state index < -0.39 is 10.0 Å². The third-order valence-electron chi connectivity index (χ3n) is 3.55. The molecule has 2 rings (SSSR count). The molecule has 0 aromatic carbocycles. The summed E-state index contributed by atoms with van der Waals surface area (Å²) in [4.78, 5) is 6.58. The first kappa shape index (κ1) is 15.2. The minimum absolute atomic E-state index is 0.334. The van der Waals surface area contributed by atoms with Gasteiger partial charge < -0.3 is 4.74 Å². The number of aromatic nitrogens is 1. The molecular weight excluding hydrogens is 278 g/mol. The van der Waals surface area contributed by atoms with Crippen LogP contribution in [0.25, 0.3) is 0 Å². The summed E-state index contributed by atoms with van der Waals surface area (Å²) in [7, 11) is -0.0887. The summed E-state index contributed by atoms with van der Waals surface area (Å²) in [5.41, 5.74) is 1.81. The number of pyridine rings is 1. The number of sulfonamides is 1. The Hall–Kier alpha value is -1.18. The number of ether oxygens (including phenoxy) is 1. The van der Waals surface area contributed by atoms with E-state index in [4.69, 9.17) is 4.74 Å². The van der Waals surface area contributed by atoms with Crippen molar-refractivity contribution in [2.45, 2.75) is 25.1 Å². The Balaban J connectivity index is 2.04. The molecule has 112 valence electrons. The molecule has 1 aromatic heterocycles. The van der Waals surface area contributed by atoms with E-state index in [9.17, 15) is 8.42 Å². The molecule has 0 bridgehead atoms. The molecule has 20 heavy (non-hydrogen) atoms. The fourth-order valence-electron chi connectivity index (χ4n) is 2.49. The van der Waals surface area contributed by atoms with Gasteiger partial charge in [0.2, 0.25) is 10.0 Å². The van der Waals surface area contributed by atoms with Gasteiger partial charge in [0.1, 0.15) is 5.75 Å². The second-order valence-electron chi connectivity index (χ2n) is 5.03. The zero-order valence-corrected chi connectivity index (χ0v) is 12.9. The molecule has 0 saturated carbocycles. The highest BCUT2D eigenvalue weighted by Crippen LogP contribution is 2.20. The maximum absolute atomic E-state index is 11.8. The lowest BCUT2D eigenvalue weighted by molar-refractivity contribution is 0.325. The average Bonchev–Trinajstić information content (AvgIpc) is 2.87. The molecule has 1 fully saturated rings. The minimum atomic E-state index is -3.18. The van der Waals surface area contributed by atoms with Crippen LogP contribution in [0.5, 0.6) is 5.75 Å². The SMILES string of the molecule is CNS(=O)(=O)C1CCN(Cc2cc(OC)cc(C)n2)C1. The summed E-state index contributed by atoms with van der Waals surface area (Å²) in [6, 6.07) is 3.77. The molecule has 0 radical (unpaired) electrons. The van der Waals surface area contributed by atoms with E-state index in [1.54, 1.807) is 7.11 Å². The van der Waals surface area contributed by atoms with Crippen molar-refractivity contribution in [1.82, 2.24) is 14.6 Å². The van der Waals surface area contributed by atoms with Crippen molar-refractivity contribution in [2.24, 2.45) is 0 Å². The molecule has 1 unspecified atom stereocenters. The number of likely N-dealkylation sites (tertiary alicyclic amines) is 1. The molecular formula is C13H21N3O3S. The van der Waals surface area contributed by atoms with Crippen LogP contribution in [-0.4, -0.2) is 50.8 Å². The summed E-state index contributed by atoms with van der Waals surface area (Å²) < 4.78 is 31.2. The number of rotatable bonds is 5. The lowest BCUT2D eigenvalue weighted by Gasteiger charge is -2.16. The molecule has 2 heterocycles. The molecule has 1 atom stereocenters. The number of nitrogens with zero attached hydrogens (tertiary/aromatic N) is 2. The Morgan fingerprint density at radius 1 is 1.50 bits per heavy atom. The van der Waals surface area contributed by atoms with Crippen molar-refractivity contribution in [3.05, 3.63) is 23.5 Å². The van der Waals surface area contributed by atoms with Gasteiger partial charge in [-0.05, 0) is 26.9 Å². The number of hydrogen-bond donors (Lipinski definition) is 1. The van der Waals surface area contributed by atoms with Gasteiger partial charge in [0.15, 0.2) is 0 Å². The highest BCUT2D eigenvalue weighted by Gasteiger charge is 2.32. The summed E-state index contributed by atoms with van der Waals surface area (Å²) >= 11 is 0. The van der Waals surface area contributed by atoms with Gasteiger partial charge in [0, 0.05) is 30.9 Å². The maximum Gasteiger partial charge on any atom is 0.215 e. The molecule has 1 aliphatic rings. The molecule has 1 saturated heterocycles. The number of hydrogen-bond acceptors (Lipinski definition) is 5. The molecule has 0 amide bonds. The van der Waals surface area contributed by atoms with Gasteiger partial charge in [-0.3, -0.25) is 9.88 Å². The molecule has 0 spiro atoms. The average molecular weight is 299 g/mol. The predicted molar refractivity (Wildman–Crippen MR) is 77.2 cm³/mol. The second kappa shape index (κ2) is 6.07. The normalized spacial score (nSPS) is 20.2. The van der Waals surface area contributed by atoms with E-state index in [2.05, 4.69) is 14.6 Å². The van der Waals surface area contributed by atoms with Crippen LogP contribution in [0.15, 0.2) is 12.1 Å². The van der Waals surface area contributed by atoms with Gasteiger partial charge in [0.05, 0.1) is 18.1 Å². The zero-order chi connectivity index (χ0) is 14.8. The van der Waals surface area contributed by atoms with Crippen molar-refractivity contribution in [2.75, 3.05) is 27.2 Å². The first-order valence-corrected chi connectivity index (χ1v) is 8.15.